The Morgan fingerprint density at radius 3 is 2.52 bits per heavy atom. The van der Waals surface area contributed by atoms with E-state index >= 15 is 0 Å². The molecule has 3 aromatic heterocycles. The van der Waals surface area contributed by atoms with Gasteiger partial charge in [-0.2, -0.15) is 10.2 Å². The first kappa shape index (κ1) is 18.5. The average Bonchev–Trinajstić information content (AvgIpc) is 3.50. The van der Waals surface area contributed by atoms with E-state index in [0.29, 0.717) is 18.1 Å². The van der Waals surface area contributed by atoms with Crippen LogP contribution in [-0.4, -0.2) is 55.8 Å². The van der Waals surface area contributed by atoms with E-state index in [0.717, 1.165) is 39.1 Å². The van der Waals surface area contributed by atoms with Gasteiger partial charge in [-0.1, -0.05) is 12.5 Å². The standard InChI is InChI=1S/C23H26N8/c1-31(17-9-15-3-2-4-16(10-17)27-15)22-8-7-21(28-29-22)19-6-5-18(14-11-24-25-12-14)20-13-26-30-23(19)20/h5-8,11-13,15-17,27H,2-4,9-10H2,1H3,(H,24,25)(H,26,30)/t15-,16+,17?. The zero-order chi connectivity index (χ0) is 20.8. The van der Waals surface area contributed by atoms with Gasteiger partial charge in [0.25, 0.3) is 0 Å². The van der Waals surface area contributed by atoms with Gasteiger partial charge >= 0.3 is 0 Å². The number of anilines is 1. The molecule has 0 amide bonds. The summed E-state index contributed by atoms with van der Waals surface area (Å²) in [5.74, 6) is 0.935. The molecule has 4 aromatic rings. The van der Waals surface area contributed by atoms with E-state index in [9.17, 15) is 0 Å². The SMILES string of the molecule is CN(c1ccc(-c2ccc(-c3cn[nH]c3)c3cn[nH]c23)nn1)C1C[C@H]2CCC[C@@H](C1)N2. The summed E-state index contributed by atoms with van der Waals surface area (Å²) in [5.41, 5.74) is 4.92. The minimum absolute atomic E-state index is 0.519. The highest BCUT2D eigenvalue weighted by Gasteiger charge is 2.33. The fraction of sp³-hybridized carbons (Fsp3) is 0.391. The smallest absolute Gasteiger partial charge is 0.151 e. The van der Waals surface area contributed by atoms with Crippen LogP contribution in [0.2, 0.25) is 0 Å². The average molecular weight is 415 g/mol. The van der Waals surface area contributed by atoms with Crippen molar-refractivity contribution in [1.29, 1.82) is 0 Å². The molecule has 2 aliphatic rings. The summed E-state index contributed by atoms with van der Waals surface area (Å²) >= 11 is 0. The molecule has 8 heteroatoms. The number of nitrogens with zero attached hydrogens (tertiary/aromatic N) is 5. The maximum absolute atomic E-state index is 4.59. The van der Waals surface area contributed by atoms with E-state index in [4.69, 9.17) is 0 Å². The lowest BCUT2D eigenvalue weighted by Crippen LogP contribution is -2.54. The van der Waals surface area contributed by atoms with E-state index in [-0.39, 0.29) is 0 Å². The van der Waals surface area contributed by atoms with Crippen molar-refractivity contribution in [2.24, 2.45) is 0 Å². The summed E-state index contributed by atoms with van der Waals surface area (Å²) < 4.78 is 0. The van der Waals surface area contributed by atoms with E-state index in [1.54, 1.807) is 0 Å². The number of rotatable bonds is 4. The molecule has 0 aliphatic carbocycles. The van der Waals surface area contributed by atoms with Crippen molar-refractivity contribution in [3.63, 3.8) is 0 Å². The number of aromatic amines is 2. The van der Waals surface area contributed by atoms with Crippen LogP contribution >= 0.6 is 0 Å². The molecule has 6 rings (SSSR count). The highest BCUT2D eigenvalue weighted by molar-refractivity contribution is 6.01. The maximum atomic E-state index is 4.59. The van der Waals surface area contributed by atoms with Gasteiger partial charge in [-0.25, -0.2) is 0 Å². The molecule has 0 spiro atoms. The van der Waals surface area contributed by atoms with Crippen molar-refractivity contribution < 1.29 is 0 Å². The highest BCUT2D eigenvalue weighted by Crippen LogP contribution is 2.34. The first-order valence-electron chi connectivity index (χ1n) is 11.0. The Bertz CT molecular complexity index is 1170. The molecule has 8 nitrogen and oxygen atoms in total. The van der Waals surface area contributed by atoms with Gasteiger partial charge in [0.1, 0.15) is 0 Å². The number of nitrogens with one attached hydrogen (secondary N) is 3. The predicted octanol–water partition coefficient (Wildman–Crippen LogP) is 3.52. The zero-order valence-electron chi connectivity index (χ0n) is 17.5. The molecule has 1 aromatic carbocycles. The summed E-state index contributed by atoms with van der Waals surface area (Å²) in [5, 5.41) is 28.3. The second kappa shape index (κ2) is 7.46. The largest absolute Gasteiger partial charge is 0.355 e. The van der Waals surface area contributed by atoms with Crippen LogP contribution in [0.5, 0.6) is 0 Å². The van der Waals surface area contributed by atoms with Gasteiger partial charge in [0.15, 0.2) is 5.82 Å². The van der Waals surface area contributed by atoms with Crippen LogP contribution in [0, 0.1) is 0 Å². The molecule has 0 saturated carbocycles. The number of H-pyrrole nitrogens is 2. The van der Waals surface area contributed by atoms with Gasteiger partial charge in [-0.05, 0) is 49.4 Å². The first-order valence-corrected chi connectivity index (χ1v) is 11.0. The molecule has 2 saturated heterocycles. The third kappa shape index (κ3) is 3.27. The maximum Gasteiger partial charge on any atom is 0.151 e. The third-order valence-electron chi connectivity index (χ3n) is 6.95. The Morgan fingerprint density at radius 1 is 0.935 bits per heavy atom. The van der Waals surface area contributed by atoms with E-state index < -0.39 is 0 Å². The lowest BCUT2D eigenvalue weighted by atomic mass is 9.83. The normalized spacial score (nSPS) is 23.2. The van der Waals surface area contributed by atoms with Gasteiger partial charge < -0.3 is 10.2 Å². The fourth-order valence-electron chi connectivity index (χ4n) is 5.29. The third-order valence-corrected chi connectivity index (χ3v) is 6.95. The van der Waals surface area contributed by atoms with Crippen molar-refractivity contribution in [2.45, 2.75) is 50.2 Å². The number of hydrogen-bond acceptors (Lipinski definition) is 6. The highest BCUT2D eigenvalue weighted by atomic mass is 15.3. The van der Waals surface area contributed by atoms with Gasteiger partial charge in [0.05, 0.1) is 23.6 Å². The van der Waals surface area contributed by atoms with Crippen molar-refractivity contribution in [3.8, 4) is 22.4 Å². The number of fused-ring (bicyclic) bond motifs is 3. The van der Waals surface area contributed by atoms with Gasteiger partial charge in [-0.15, -0.1) is 10.2 Å². The summed E-state index contributed by atoms with van der Waals surface area (Å²) in [6.07, 6.45) is 11.9. The quantitative estimate of drug-likeness (QED) is 0.473. The minimum Gasteiger partial charge on any atom is -0.355 e. The molecule has 158 valence electrons. The molecule has 2 fully saturated rings. The molecule has 2 bridgehead atoms. The molecule has 0 radical (unpaired) electrons. The van der Waals surface area contributed by atoms with Gasteiger partial charge in [0.2, 0.25) is 0 Å². The summed E-state index contributed by atoms with van der Waals surface area (Å²) in [6.45, 7) is 0. The summed E-state index contributed by atoms with van der Waals surface area (Å²) in [4.78, 5) is 2.32. The molecular formula is C23H26N8. The molecule has 31 heavy (non-hydrogen) atoms. The Hall–Kier alpha value is -3.26. The molecule has 3 atom stereocenters. The van der Waals surface area contributed by atoms with Crippen molar-refractivity contribution in [1.82, 2.24) is 35.9 Å². The Labute approximate surface area is 180 Å². The number of hydrogen-bond donors (Lipinski definition) is 3. The van der Waals surface area contributed by atoms with Crippen LogP contribution in [-0.2, 0) is 0 Å². The van der Waals surface area contributed by atoms with Crippen molar-refractivity contribution in [2.75, 3.05) is 11.9 Å². The lowest BCUT2D eigenvalue weighted by molar-refractivity contribution is 0.219. The number of aromatic nitrogens is 6. The van der Waals surface area contributed by atoms with E-state index in [1.807, 2.05) is 18.6 Å². The zero-order valence-corrected chi connectivity index (χ0v) is 17.5. The van der Waals surface area contributed by atoms with Crippen LogP contribution in [0.25, 0.3) is 33.3 Å². The van der Waals surface area contributed by atoms with E-state index in [1.165, 1.54) is 32.1 Å². The number of piperidine rings is 2. The molecule has 3 N–H and O–H groups in total. The van der Waals surface area contributed by atoms with Crippen molar-refractivity contribution in [3.05, 3.63) is 42.9 Å². The predicted molar refractivity (Wildman–Crippen MR) is 121 cm³/mol. The van der Waals surface area contributed by atoms with Crippen LogP contribution in [0.1, 0.15) is 32.1 Å². The first-order chi connectivity index (χ1) is 15.3. The fourth-order valence-corrected chi connectivity index (χ4v) is 5.29. The lowest BCUT2D eigenvalue weighted by Gasteiger charge is -2.43. The van der Waals surface area contributed by atoms with Gasteiger partial charge in [0, 0.05) is 47.9 Å². The number of benzene rings is 1. The van der Waals surface area contributed by atoms with Crippen LogP contribution in [0.4, 0.5) is 5.82 Å². The van der Waals surface area contributed by atoms with E-state index in [2.05, 4.69) is 72.1 Å². The minimum atomic E-state index is 0.519. The second-order valence-electron chi connectivity index (χ2n) is 8.81. The van der Waals surface area contributed by atoms with Crippen LogP contribution in [0.3, 0.4) is 0 Å². The Morgan fingerprint density at radius 2 is 1.77 bits per heavy atom. The Balaban J connectivity index is 1.28. The molecule has 1 unspecified atom stereocenters. The molecule has 5 heterocycles. The molecular weight excluding hydrogens is 388 g/mol. The van der Waals surface area contributed by atoms with Crippen LogP contribution in [0.15, 0.2) is 42.9 Å². The van der Waals surface area contributed by atoms with Gasteiger partial charge in [-0.3, -0.25) is 10.2 Å². The monoisotopic (exact) mass is 414 g/mol. The topological polar surface area (TPSA) is 98.4 Å². The van der Waals surface area contributed by atoms with Crippen molar-refractivity contribution >= 4 is 16.7 Å². The summed E-state index contributed by atoms with van der Waals surface area (Å²) in [7, 11) is 2.15. The second-order valence-corrected chi connectivity index (χ2v) is 8.81. The Kier molecular flexibility index (Phi) is 4.45. The molecule has 2 aliphatic heterocycles. The van der Waals surface area contributed by atoms with Crippen LogP contribution < -0.4 is 10.2 Å². The summed E-state index contributed by atoms with van der Waals surface area (Å²) in [6, 6.07) is 10.1.